The molecule has 1 heterocycles. The van der Waals surface area contributed by atoms with Crippen molar-refractivity contribution >= 4 is 5.91 Å². The molecule has 86 valence electrons. The minimum atomic E-state index is -0.441. The third kappa shape index (κ3) is 2.59. The molecule has 1 aliphatic heterocycles. The number of nitrogens with one attached hydrogen (secondary N) is 2. The molecule has 0 fully saturated rings. The summed E-state index contributed by atoms with van der Waals surface area (Å²) >= 11 is 0. The van der Waals surface area contributed by atoms with Crippen LogP contribution in [0.5, 0.6) is 0 Å². The Hall–Kier alpha value is -1.39. The summed E-state index contributed by atoms with van der Waals surface area (Å²) in [6.45, 7) is 0.965. The summed E-state index contributed by atoms with van der Waals surface area (Å²) in [6.07, 6.45) is 0.919. The number of carbonyl (C=O) groups is 1. The summed E-state index contributed by atoms with van der Waals surface area (Å²) in [7, 11) is 0. The maximum atomic E-state index is 10.9. The highest BCUT2D eigenvalue weighted by Crippen LogP contribution is 2.15. The van der Waals surface area contributed by atoms with Gasteiger partial charge in [-0.3, -0.25) is 4.79 Å². The number of hydrogen-bond donors (Lipinski definition) is 3. The van der Waals surface area contributed by atoms with Gasteiger partial charge in [-0.2, -0.15) is 0 Å². The average molecular weight is 220 g/mol. The number of benzene rings is 1. The Morgan fingerprint density at radius 3 is 2.94 bits per heavy atom. The lowest BCUT2D eigenvalue weighted by atomic mass is 9.96. The number of aliphatic hydroxyl groups is 1. The van der Waals surface area contributed by atoms with Crippen molar-refractivity contribution < 1.29 is 9.90 Å². The van der Waals surface area contributed by atoms with Crippen molar-refractivity contribution in [2.75, 3.05) is 13.2 Å². The molecule has 0 saturated heterocycles. The van der Waals surface area contributed by atoms with Crippen molar-refractivity contribution in [2.45, 2.75) is 19.0 Å². The first-order chi connectivity index (χ1) is 7.79. The molecular weight excluding hydrogens is 204 g/mol. The Labute approximate surface area is 94.7 Å². The first kappa shape index (κ1) is 11.1. The van der Waals surface area contributed by atoms with Gasteiger partial charge in [-0.1, -0.05) is 24.3 Å². The van der Waals surface area contributed by atoms with E-state index in [1.807, 2.05) is 12.1 Å². The first-order valence-electron chi connectivity index (χ1n) is 5.47. The van der Waals surface area contributed by atoms with E-state index in [1.165, 1.54) is 11.1 Å². The summed E-state index contributed by atoms with van der Waals surface area (Å²) < 4.78 is 0. The van der Waals surface area contributed by atoms with Crippen molar-refractivity contribution in [2.24, 2.45) is 0 Å². The fourth-order valence-electron chi connectivity index (χ4n) is 1.96. The van der Waals surface area contributed by atoms with E-state index in [4.69, 9.17) is 5.11 Å². The minimum Gasteiger partial charge on any atom is -0.387 e. The zero-order chi connectivity index (χ0) is 11.4. The standard InChI is InChI=1S/C12H16N2O2/c15-8-12(16)14-7-11-5-9-3-1-2-4-10(9)6-13-11/h1-4,11,13,15H,5-8H2,(H,14,16)/t11-/m0/s1. The largest absolute Gasteiger partial charge is 0.387 e. The van der Waals surface area contributed by atoms with Crippen LogP contribution in [-0.2, 0) is 17.8 Å². The summed E-state index contributed by atoms with van der Waals surface area (Å²) in [4.78, 5) is 10.9. The highest BCUT2D eigenvalue weighted by molar-refractivity contribution is 5.76. The van der Waals surface area contributed by atoms with Crippen LogP contribution in [0.3, 0.4) is 0 Å². The summed E-state index contributed by atoms with van der Waals surface area (Å²) in [5, 5.41) is 14.6. The predicted octanol–water partition coefficient (Wildman–Crippen LogP) is -0.191. The van der Waals surface area contributed by atoms with E-state index < -0.39 is 6.61 Å². The van der Waals surface area contributed by atoms with Crippen LogP contribution in [-0.4, -0.2) is 30.2 Å². The molecule has 0 saturated carbocycles. The van der Waals surface area contributed by atoms with Gasteiger partial charge in [0.1, 0.15) is 6.61 Å². The van der Waals surface area contributed by atoms with Gasteiger partial charge in [-0.05, 0) is 17.5 Å². The normalized spacial score (nSPS) is 18.9. The Balaban J connectivity index is 1.90. The molecule has 1 aromatic carbocycles. The van der Waals surface area contributed by atoms with Gasteiger partial charge in [0, 0.05) is 19.1 Å². The van der Waals surface area contributed by atoms with Crippen LogP contribution < -0.4 is 10.6 Å². The number of rotatable bonds is 3. The Bertz CT molecular complexity index is 379. The molecule has 1 aromatic rings. The molecule has 0 unspecified atom stereocenters. The first-order valence-corrected chi connectivity index (χ1v) is 5.47. The van der Waals surface area contributed by atoms with E-state index >= 15 is 0 Å². The zero-order valence-corrected chi connectivity index (χ0v) is 9.07. The Kier molecular flexibility index (Phi) is 3.54. The van der Waals surface area contributed by atoms with Crippen molar-refractivity contribution in [3.05, 3.63) is 35.4 Å². The predicted molar refractivity (Wildman–Crippen MR) is 60.9 cm³/mol. The maximum Gasteiger partial charge on any atom is 0.245 e. The summed E-state index contributed by atoms with van der Waals surface area (Å²) in [5.74, 6) is -0.319. The van der Waals surface area contributed by atoms with Crippen molar-refractivity contribution in [1.82, 2.24) is 10.6 Å². The molecule has 0 bridgehead atoms. The minimum absolute atomic E-state index is 0.255. The van der Waals surface area contributed by atoms with Crippen LogP contribution in [0.4, 0.5) is 0 Å². The lowest BCUT2D eigenvalue weighted by Crippen LogP contribution is -2.45. The van der Waals surface area contributed by atoms with E-state index in [-0.39, 0.29) is 11.9 Å². The number of hydrogen-bond acceptors (Lipinski definition) is 3. The van der Waals surface area contributed by atoms with Crippen LogP contribution in [0.2, 0.25) is 0 Å². The lowest BCUT2D eigenvalue weighted by Gasteiger charge is -2.26. The van der Waals surface area contributed by atoms with Gasteiger partial charge in [-0.25, -0.2) is 0 Å². The molecule has 0 spiro atoms. The van der Waals surface area contributed by atoms with Gasteiger partial charge in [0.05, 0.1) is 0 Å². The van der Waals surface area contributed by atoms with Gasteiger partial charge in [-0.15, -0.1) is 0 Å². The van der Waals surface area contributed by atoms with Crippen LogP contribution in [0.15, 0.2) is 24.3 Å². The quantitative estimate of drug-likeness (QED) is 0.661. The van der Waals surface area contributed by atoms with Gasteiger partial charge in [0.25, 0.3) is 0 Å². The van der Waals surface area contributed by atoms with Crippen LogP contribution in [0, 0.1) is 0 Å². The second kappa shape index (κ2) is 5.09. The van der Waals surface area contributed by atoms with Crippen LogP contribution >= 0.6 is 0 Å². The molecule has 1 atom stereocenters. The van der Waals surface area contributed by atoms with E-state index in [2.05, 4.69) is 22.8 Å². The molecule has 0 radical (unpaired) electrons. The van der Waals surface area contributed by atoms with E-state index in [9.17, 15) is 4.79 Å². The van der Waals surface area contributed by atoms with Crippen LogP contribution in [0.25, 0.3) is 0 Å². The Morgan fingerprint density at radius 1 is 1.44 bits per heavy atom. The summed E-state index contributed by atoms with van der Waals surface area (Å²) in [6, 6.07) is 8.56. The van der Waals surface area contributed by atoms with Gasteiger partial charge in [0.2, 0.25) is 5.91 Å². The molecule has 4 nitrogen and oxygen atoms in total. The van der Waals surface area contributed by atoms with Gasteiger partial charge < -0.3 is 15.7 Å². The number of fused-ring (bicyclic) bond motifs is 1. The van der Waals surface area contributed by atoms with E-state index in [1.54, 1.807) is 0 Å². The second-order valence-electron chi connectivity index (χ2n) is 4.01. The van der Waals surface area contributed by atoms with Gasteiger partial charge >= 0.3 is 0 Å². The third-order valence-corrected chi connectivity index (χ3v) is 2.86. The summed E-state index contributed by atoms with van der Waals surface area (Å²) in [5.41, 5.74) is 2.66. The fourth-order valence-corrected chi connectivity index (χ4v) is 1.96. The zero-order valence-electron chi connectivity index (χ0n) is 9.07. The lowest BCUT2D eigenvalue weighted by molar-refractivity contribution is -0.123. The SMILES string of the molecule is O=C(CO)NC[C@@H]1Cc2ccccc2CN1. The van der Waals surface area contributed by atoms with Crippen LogP contribution in [0.1, 0.15) is 11.1 Å². The van der Waals surface area contributed by atoms with Crippen molar-refractivity contribution in [1.29, 1.82) is 0 Å². The Morgan fingerprint density at radius 2 is 2.19 bits per heavy atom. The molecule has 16 heavy (non-hydrogen) atoms. The number of amides is 1. The monoisotopic (exact) mass is 220 g/mol. The van der Waals surface area contributed by atoms with E-state index in [0.29, 0.717) is 6.54 Å². The molecule has 4 heteroatoms. The maximum absolute atomic E-state index is 10.9. The molecular formula is C12H16N2O2. The molecule has 3 N–H and O–H groups in total. The molecule has 1 amide bonds. The average Bonchev–Trinajstić information content (AvgIpc) is 2.35. The van der Waals surface area contributed by atoms with E-state index in [0.717, 1.165) is 13.0 Å². The van der Waals surface area contributed by atoms with Crippen molar-refractivity contribution in [3.8, 4) is 0 Å². The third-order valence-electron chi connectivity index (χ3n) is 2.86. The highest BCUT2D eigenvalue weighted by atomic mass is 16.3. The van der Waals surface area contributed by atoms with Gasteiger partial charge in [0.15, 0.2) is 0 Å². The smallest absolute Gasteiger partial charge is 0.245 e. The second-order valence-corrected chi connectivity index (χ2v) is 4.01. The number of carbonyl (C=O) groups excluding carboxylic acids is 1. The molecule has 2 rings (SSSR count). The topological polar surface area (TPSA) is 61.4 Å². The number of aliphatic hydroxyl groups excluding tert-OH is 1. The fraction of sp³-hybridized carbons (Fsp3) is 0.417. The highest BCUT2D eigenvalue weighted by Gasteiger charge is 2.17. The molecule has 1 aliphatic rings. The van der Waals surface area contributed by atoms with Crippen molar-refractivity contribution in [3.63, 3.8) is 0 Å². The molecule has 0 aliphatic carbocycles. The molecule has 0 aromatic heterocycles.